The summed E-state index contributed by atoms with van der Waals surface area (Å²) in [4.78, 5) is 3.32. The normalized spacial score (nSPS) is 11.4. The molecule has 6 nitrogen and oxygen atoms in total. The number of benzene rings is 2. The molecule has 3 rings (SSSR count). The SMILES string of the molecule is O=S(=O)(Nc1ccc(-n2cncn2)cc1)c1cccc(Cl)c1F. The van der Waals surface area contributed by atoms with E-state index in [0.717, 1.165) is 6.07 Å². The Morgan fingerprint density at radius 2 is 1.87 bits per heavy atom. The fourth-order valence-corrected chi connectivity index (χ4v) is 3.32. The van der Waals surface area contributed by atoms with Crippen LogP contribution in [0.25, 0.3) is 5.69 Å². The number of rotatable bonds is 4. The van der Waals surface area contributed by atoms with Gasteiger partial charge >= 0.3 is 0 Å². The lowest BCUT2D eigenvalue weighted by Gasteiger charge is -2.10. The zero-order chi connectivity index (χ0) is 16.4. The van der Waals surface area contributed by atoms with Gasteiger partial charge in [0, 0.05) is 5.69 Å². The fraction of sp³-hybridized carbons (Fsp3) is 0. The van der Waals surface area contributed by atoms with Crippen molar-refractivity contribution in [2.45, 2.75) is 4.90 Å². The highest BCUT2D eigenvalue weighted by atomic mass is 35.5. The van der Waals surface area contributed by atoms with Gasteiger partial charge in [0.05, 0.1) is 10.7 Å². The smallest absolute Gasteiger partial charge is 0.264 e. The minimum Gasteiger partial charge on any atom is -0.280 e. The molecule has 0 radical (unpaired) electrons. The first-order valence-corrected chi connectivity index (χ1v) is 8.25. The van der Waals surface area contributed by atoms with Crippen LogP contribution in [-0.4, -0.2) is 23.2 Å². The highest BCUT2D eigenvalue weighted by molar-refractivity contribution is 7.92. The number of nitrogens with zero attached hydrogens (tertiary/aromatic N) is 3. The van der Waals surface area contributed by atoms with E-state index in [9.17, 15) is 12.8 Å². The molecule has 118 valence electrons. The highest BCUT2D eigenvalue weighted by Gasteiger charge is 2.20. The number of anilines is 1. The number of sulfonamides is 1. The molecule has 23 heavy (non-hydrogen) atoms. The quantitative estimate of drug-likeness (QED) is 0.783. The van der Waals surface area contributed by atoms with Crippen molar-refractivity contribution >= 4 is 27.3 Å². The third-order valence-corrected chi connectivity index (χ3v) is 4.70. The third kappa shape index (κ3) is 3.17. The molecule has 0 spiro atoms. The second kappa shape index (κ2) is 5.98. The lowest BCUT2D eigenvalue weighted by atomic mass is 10.3. The number of nitrogens with one attached hydrogen (secondary N) is 1. The summed E-state index contributed by atoms with van der Waals surface area (Å²) in [7, 11) is -4.08. The molecule has 0 atom stereocenters. The first kappa shape index (κ1) is 15.4. The zero-order valence-corrected chi connectivity index (χ0v) is 13.1. The van der Waals surface area contributed by atoms with Gasteiger partial charge in [-0.25, -0.2) is 22.5 Å². The molecule has 0 aliphatic carbocycles. The van der Waals surface area contributed by atoms with Crippen LogP contribution >= 0.6 is 11.6 Å². The van der Waals surface area contributed by atoms with Gasteiger partial charge in [-0.05, 0) is 36.4 Å². The van der Waals surface area contributed by atoms with Crippen LogP contribution in [0, 0.1) is 5.82 Å². The van der Waals surface area contributed by atoms with Gasteiger partial charge in [0.25, 0.3) is 10.0 Å². The summed E-state index contributed by atoms with van der Waals surface area (Å²) in [5, 5.41) is 3.71. The van der Waals surface area contributed by atoms with Crippen LogP contribution < -0.4 is 4.72 Å². The molecule has 1 N–H and O–H groups in total. The van der Waals surface area contributed by atoms with E-state index >= 15 is 0 Å². The predicted octanol–water partition coefficient (Wildman–Crippen LogP) is 2.86. The van der Waals surface area contributed by atoms with Crippen LogP contribution in [0.4, 0.5) is 10.1 Å². The van der Waals surface area contributed by atoms with Crippen molar-refractivity contribution < 1.29 is 12.8 Å². The van der Waals surface area contributed by atoms with E-state index in [1.165, 1.54) is 41.6 Å². The Morgan fingerprint density at radius 3 is 2.52 bits per heavy atom. The lowest BCUT2D eigenvalue weighted by molar-refractivity contribution is 0.570. The molecular formula is C14H10ClFN4O2S. The Balaban J connectivity index is 1.87. The molecule has 0 bridgehead atoms. The van der Waals surface area contributed by atoms with E-state index in [0.29, 0.717) is 5.69 Å². The number of aromatic nitrogens is 3. The summed E-state index contributed by atoms with van der Waals surface area (Å²) in [6.07, 6.45) is 2.90. The average Bonchev–Trinajstić information content (AvgIpc) is 3.04. The van der Waals surface area contributed by atoms with Gasteiger partial charge in [0.1, 0.15) is 17.6 Å². The van der Waals surface area contributed by atoms with Crippen molar-refractivity contribution in [2.24, 2.45) is 0 Å². The molecule has 0 aliphatic rings. The average molecular weight is 353 g/mol. The van der Waals surface area contributed by atoms with Crippen LogP contribution in [0.3, 0.4) is 0 Å². The molecule has 2 aromatic carbocycles. The Hall–Kier alpha value is -2.45. The first-order valence-electron chi connectivity index (χ1n) is 6.39. The van der Waals surface area contributed by atoms with E-state index in [4.69, 9.17) is 11.6 Å². The van der Waals surface area contributed by atoms with Gasteiger partial charge in [0.15, 0.2) is 5.82 Å². The number of hydrogen-bond acceptors (Lipinski definition) is 4. The van der Waals surface area contributed by atoms with Crippen molar-refractivity contribution in [1.29, 1.82) is 0 Å². The molecule has 3 aromatic rings. The van der Waals surface area contributed by atoms with Gasteiger partial charge in [-0.15, -0.1) is 0 Å². The van der Waals surface area contributed by atoms with Gasteiger partial charge in [-0.2, -0.15) is 5.10 Å². The van der Waals surface area contributed by atoms with Gasteiger partial charge in [-0.1, -0.05) is 17.7 Å². The molecule has 0 saturated heterocycles. The molecule has 0 aliphatic heterocycles. The summed E-state index contributed by atoms with van der Waals surface area (Å²) >= 11 is 5.62. The van der Waals surface area contributed by atoms with E-state index in [-0.39, 0.29) is 10.7 Å². The lowest BCUT2D eigenvalue weighted by Crippen LogP contribution is -2.14. The maximum atomic E-state index is 13.9. The fourth-order valence-electron chi connectivity index (χ4n) is 1.93. The van der Waals surface area contributed by atoms with E-state index in [1.807, 2.05) is 0 Å². The van der Waals surface area contributed by atoms with Gasteiger partial charge < -0.3 is 0 Å². The second-order valence-electron chi connectivity index (χ2n) is 4.54. The van der Waals surface area contributed by atoms with Crippen LogP contribution in [-0.2, 0) is 10.0 Å². The van der Waals surface area contributed by atoms with Crippen molar-refractivity contribution in [3.63, 3.8) is 0 Å². The Bertz CT molecular complexity index is 928. The first-order chi connectivity index (χ1) is 11.0. The summed E-state index contributed by atoms with van der Waals surface area (Å²) in [5.74, 6) is -0.985. The second-order valence-corrected chi connectivity index (χ2v) is 6.60. The zero-order valence-electron chi connectivity index (χ0n) is 11.5. The van der Waals surface area contributed by atoms with Crippen LogP contribution in [0.2, 0.25) is 5.02 Å². The van der Waals surface area contributed by atoms with Crippen LogP contribution in [0.1, 0.15) is 0 Å². The summed E-state index contributed by atoms with van der Waals surface area (Å²) in [5.41, 5.74) is 0.993. The van der Waals surface area contributed by atoms with E-state index in [2.05, 4.69) is 14.8 Å². The van der Waals surface area contributed by atoms with E-state index < -0.39 is 20.7 Å². The van der Waals surface area contributed by atoms with Crippen LogP contribution in [0.5, 0.6) is 0 Å². The van der Waals surface area contributed by atoms with Gasteiger partial charge in [-0.3, -0.25) is 4.72 Å². The largest absolute Gasteiger partial charge is 0.280 e. The standard InChI is InChI=1S/C14H10ClFN4O2S/c15-12-2-1-3-13(14(12)16)23(21,22)19-10-4-6-11(7-5-10)20-9-17-8-18-20/h1-9,19H. The summed E-state index contributed by atoms with van der Waals surface area (Å²) in [6.45, 7) is 0. The Labute approximate surface area is 136 Å². The molecule has 0 fully saturated rings. The molecular weight excluding hydrogens is 343 g/mol. The van der Waals surface area contributed by atoms with Crippen molar-refractivity contribution in [3.05, 3.63) is 66.0 Å². The Morgan fingerprint density at radius 1 is 1.13 bits per heavy atom. The van der Waals surface area contributed by atoms with Crippen molar-refractivity contribution in [1.82, 2.24) is 14.8 Å². The third-order valence-electron chi connectivity index (χ3n) is 3.01. The van der Waals surface area contributed by atoms with Crippen LogP contribution in [0.15, 0.2) is 60.0 Å². The van der Waals surface area contributed by atoms with Crippen molar-refractivity contribution in [3.8, 4) is 5.69 Å². The highest BCUT2D eigenvalue weighted by Crippen LogP contribution is 2.24. The van der Waals surface area contributed by atoms with E-state index in [1.54, 1.807) is 12.1 Å². The molecule has 0 amide bonds. The monoisotopic (exact) mass is 352 g/mol. The Kier molecular flexibility index (Phi) is 4.01. The maximum Gasteiger partial charge on any atom is 0.264 e. The molecule has 1 heterocycles. The number of hydrogen-bond donors (Lipinski definition) is 1. The molecule has 0 saturated carbocycles. The maximum absolute atomic E-state index is 13.9. The van der Waals surface area contributed by atoms with Gasteiger partial charge in [0.2, 0.25) is 0 Å². The molecule has 9 heteroatoms. The molecule has 1 aromatic heterocycles. The molecule has 0 unspecified atom stereocenters. The summed E-state index contributed by atoms with van der Waals surface area (Å²) < 4.78 is 42.2. The topological polar surface area (TPSA) is 76.9 Å². The minimum absolute atomic E-state index is 0.255. The summed E-state index contributed by atoms with van der Waals surface area (Å²) in [6, 6.07) is 10.2. The minimum atomic E-state index is -4.08. The number of halogens is 2. The van der Waals surface area contributed by atoms with Crippen molar-refractivity contribution in [2.75, 3.05) is 4.72 Å². The predicted molar refractivity (Wildman–Crippen MR) is 83.6 cm³/mol.